The number of fused-ring (bicyclic) bond motifs is 1. The number of phenolic OH excluding ortho intramolecular Hbond substituents is 1. The summed E-state index contributed by atoms with van der Waals surface area (Å²) < 4.78 is 8.04. The molecule has 0 aliphatic rings. The number of benzene rings is 3. The highest BCUT2D eigenvalue weighted by Gasteiger charge is 2.16. The van der Waals surface area contributed by atoms with E-state index in [4.69, 9.17) is 4.74 Å². The Kier molecular flexibility index (Phi) is 5.07. The summed E-state index contributed by atoms with van der Waals surface area (Å²) in [7, 11) is 0. The van der Waals surface area contributed by atoms with Crippen molar-refractivity contribution in [1.82, 2.24) is 4.57 Å². The molecule has 0 radical (unpaired) electrons. The number of hydrogen-bond acceptors (Lipinski definition) is 2. The molecule has 0 unspecified atom stereocenters. The molecule has 0 aliphatic carbocycles. The van der Waals surface area contributed by atoms with E-state index in [0.717, 1.165) is 36.2 Å². The van der Waals surface area contributed by atoms with Crippen LogP contribution in [0.25, 0.3) is 22.2 Å². The summed E-state index contributed by atoms with van der Waals surface area (Å²) in [5.41, 5.74) is 5.89. The van der Waals surface area contributed by atoms with Crippen molar-refractivity contribution in [1.29, 1.82) is 0 Å². The van der Waals surface area contributed by atoms with Gasteiger partial charge in [0.2, 0.25) is 0 Å². The highest BCUT2D eigenvalue weighted by atomic mass is 16.5. The number of nitrogens with zero attached hydrogens (tertiary/aromatic N) is 1. The van der Waals surface area contributed by atoms with E-state index in [-0.39, 0.29) is 0 Å². The fourth-order valence-corrected chi connectivity index (χ4v) is 3.74. The Morgan fingerprint density at radius 3 is 2.39 bits per heavy atom. The standard InChI is InChI=1S/C25H25NO2/c1-3-15-28-22-12-9-19(10-13-22)17-26-24-14-11-21(27)16-23(24)18(2)25(26)20-7-5-4-6-8-20/h4-14,16,27H,3,15,17H2,1-2H3. The van der Waals surface area contributed by atoms with Crippen LogP contribution in [0.1, 0.15) is 24.5 Å². The molecule has 0 aliphatic heterocycles. The smallest absolute Gasteiger partial charge is 0.119 e. The van der Waals surface area contributed by atoms with Crippen molar-refractivity contribution < 1.29 is 9.84 Å². The molecule has 1 N–H and O–H groups in total. The van der Waals surface area contributed by atoms with E-state index in [0.29, 0.717) is 5.75 Å². The van der Waals surface area contributed by atoms with Crippen molar-refractivity contribution in [3.05, 3.63) is 83.9 Å². The lowest BCUT2D eigenvalue weighted by Crippen LogP contribution is -2.02. The minimum Gasteiger partial charge on any atom is -0.508 e. The highest BCUT2D eigenvalue weighted by Crippen LogP contribution is 2.35. The Hall–Kier alpha value is -3.20. The van der Waals surface area contributed by atoms with Crippen LogP contribution in [-0.4, -0.2) is 16.3 Å². The molecule has 0 saturated carbocycles. The van der Waals surface area contributed by atoms with Crippen LogP contribution in [0.15, 0.2) is 72.8 Å². The molecule has 3 aromatic carbocycles. The zero-order valence-electron chi connectivity index (χ0n) is 16.4. The molecule has 3 heteroatoms. The van der Waals surface area contributed by atoms with Gasteiger partial charge in [-0.3, -0.25) is 0 Å². The molecule has 0 saturated heterocycles. The molecule has 1 aromatic heterocycles. The van der Waals surface area contributed by atoms with Crippen LogP contribution in [0, 0.1) is 6.92 Å². The van der Waals surface area contributed by atoms with Crippen LogP contribution < -0.4 is 4.74 Å². The van der Waals surface area contributed by atoms with Crippen molar-refractivity contribution in [3.8, 4) is 22.8 Å². The van der Waals surface area contributed by atoms with Gasteiger partial charge in [-0.1, -0.05) is 49.4 Å². The SMILES string of the molecule is CCCOc1ccc(Cn2c(-c3ccccc3)c(C)c3cc(O)ccc32)cc1. The van der Waals surface area contributed by atoms with Gasteiger partial charge in [0.25, 0.3) is 0 Å². The maximum atomic E-state index is 9.99. The van der Waals surface area contributed by atoms with Crippen LogP contribution >= 0.6 is 0 Å². The second kappa shape index (κ2) is 7.81. The van der Waals surface area contributed by atoms with Crippen molar-refractivity contribution in [2.24, 2.45) is 0 Å². The number of ether oxygens (including phenoxy) is 1. The van der Waals surface area contributed by atoms with Gasteiger partial charge in [-0.2, -0.15) is 0 Å². The number of aryl methyl sites for hydroxylation is 1. The maximum absolute atomic E-state index is 9.99. The Bertz CT molecular complexity index is 1080. The predicted molar refractivity (Wildman–Crippen MR) is 115 cm³/mol. The van der Waals surface area contributed by atoms with Crippen LogP contribution in [-0.2, 0) is 6.54 Å². The van der Waals surface area contributed by atoms with Gasteiger partial charge in [0.1, 0.15) is 11.5 Å². The molecule has 0 atom stereocenters. The number of rotatable bonds is 6. The topological polar surface area (TPSA) is 34.4 Å². The average molecular weight is 371 g/mol. The lowest BCUT2D eigenvalue weighted by atomic mass is 10.1. The molecule has 4 aromatic rings. The van der Waals surface area contributed by atoms with Crippen molar-refractivity contribution in [2.45, 2.75) is 26.8 Å². The van der Waals surface area contributed by atoms with Gasteiger partial charge in [-0.15, -0.1) is 0 Å². The van der Waals surface area contributed by atoms with Gasteiger partial charge in [0.05, 0.1) is 12.3 Å². The van der Waals surface area contributed by atoms with E-state index in [1.807, 2.05) is 30.3 Å². The molecular formula is C25H25NO2. The Balaban J connectivity index is 1.79. The fourth-order valence-electron chi connectivity index (χ4n) is 3.74. The summed E-state index contributed by atoms with van der Waals surface area (Å²) in [5.74, 6) is 1.21. The fraction of sp³-hybridized carbons (Fsp3) is 0.200. The third-order valence-corrected chi connectivity index (χ3v) is 5.08. The van der Waals surface area contributed by atoms with E-state index in [1.165, 1.54) is 22.4 Å². The Labute approximate surface area is 165 Å². The zero-order chi connectivity index (χ0) is 19.5. The summed E-state index contributed by atoms with van der Waals surface area (Å²) >= 11 is 0. The first-order valence-electron chi connectivity index (χ1n) is 9.76. The van der Waals surface area contributed by atoms with Crippen LogP contribution in [0.2, 0.25) is 0 Å². The van der Waals surface area contributed by atoms with Gasteiger partial charge >= 0.3 is 0 Å². The molecular weight excluding hydrogens is 346 g/mol. The summed E-state index contributed by atoms with van der Waals surface area (Å²) in [6.45, 7) is 5.73. The summed E-state index contributed by atoms with van der Waals surface area (Å²) in [4.78, 5) is 0. The molecule has 0 fully saturated rings. The van der Waals surface area contributed by atoms with E-state index in [9.17, 15) is 5.11 Å². The second-order valence-corrected chi connectivity index (χ2v) is 7.12. The number of aromatic nitrogens is 1. The first-order valence-corrected chi connectivity index (χ1v) is 9.76. The largest absolute Gasteiger partial charge is 0.508 e. The van der Waals surface area contributed by atoms with Gasteiger partial charge in [0, 0.05) is 17.4 Å². The van der Waals surface area contributed by atoms with E-state index in [2.05, 4.69) is 54.8 Å². The molecule has 3 nitrogen and oxygen atoms in total. The normalized spacial score (nSPS) is 11.1. The first-order chi connectivity index (χ1) is 13.7. The lowest BCUT2D eigenvalue weighted by molar-refractivity contribution is 0.317. The second-order valence-electron chi connectivity index (χ2n) is 7.12. The molecule has 1 heterocycles. The summed E-state index contributed by atoms with van der Waals surface area (Å²) in [5, 5.41) is 11.1. The zero-order valence-corrected chi connectivity index (χ0v) is 16.4. The first kappa shape index (κ1) is 18.2. The number of hydrogen-bond donors (Lipinski definition) is 1. The van der Waals surface area contributed by atoms with Gasteiger partial charge in [-0.25, -0.2) is 0 Å². The lowest BCUT2D eigenvalue weighted by Gasteiger charge is -2.13. The quantitative estimate of drug-likeness (QED) is 0.440. The molecule has 0 amide bonds. The molecule has 142 valence electrons. The summed E-state index contributed by atoms with van der Waals surface area (Å²) in [6.07, 6.45) is 1.00. The van der Waals surface area contributed by atoms with Gasteiger partial charge in [0.15, 0.2) is 0 Å². The molecule has 0 spiro atoms. The van der Waals surface area contributed by atoms with Crippen LogP contribution in [0.5, 0.6) is 11.5 Å². The van der Waals surface area contributed by atoms with E-state index in [1.54, 1.807) is 6.07 Å². The van der Waals surface area contributed by atoms with Crippen LogP contribution in [0.3, 0.4) is 0 Å². The summed E-state index contributed by atoms with van der Waals surface area (Å²) in [6, 6.07) is 24.4. The predicted octanol–water partition coefficient (Wildman–Crippen LogP) is 6.16. The van der Waals surface area contributed by atoms with Gasteiger partial charge in [-0.05, 0) is 60.4 Å². The molecule has 0 bridgehead atoms. The molecule has 4 rings (SSSR count). The average Bonchev–Trinajstić information content (AvgIpc) is 2.99. The van der Waals surface area contributed by atoms with E-state index < -0.39 is 0 Å². The van der Waals surface area contributed by atoms with Crippen molar-refractivity contribution >= 4 is 10.9 Å². The number of aromatic hydroxyl groups is 1. The van der Waals surface area contributed by atoms with Crippen LogP contribution in [0.4, 0.5) is 0 Å². The third-order valence-electron chi connectivity index (χ3n) is 5.08. The Morgan fingerprint density at radius 2 is 1.68 bits per heavy atom. The Morgan fingerprint density at radius 1 is 0.929 bits per heavy atom. The third kappa shape index (κ3) is 3.48. The van der Waals surface area contributed by atoms with E-state index >= 15 is 0 Å². The maximum Gasteiger partial charge on any atom is 0.119 e. The minimum absolute atomic E-state index is 0.296. The minimum atomic E-state index is 0.296. The van der Waals surface area contributed by atoms with Crippen molar-refractivity contribution in [2.75, 3.05) is 6.61 Å². The number of phenols is 1. The highest BCUT2D eigenvalue weighted by molar-refractivity contribution is 5.92. The van der Waals surface area contributed by atoms with Gasteiger partial charge < -0.3 is 14.4 Å². The molecule has 28 heavy (non-hydrogen) atoms. The van der Waals surface area contributed by atoms with Crippen molar-refractivity contribution in [3.63, 3.8) is 0 Å². The monoisotopic (exact) mass is 371 g/mol.